The van der Waals surface area contributed by atoms with Crippen LogP contribution in [0.15, 0.2) is 30.3 Å². The van der Waals surface area contributed by atoms with Crippen LogP contribution in [-0.2, 0) is 9.59 Å². The van der Waals surface area contributed by atoms with Gasteiger partial charge >= 0.3 is 0 Å². The zero-order valence-electron chi connectivity index (χ0n) is 13.0. The van der Waals surface area contributed by atoms with Crippen LogP contribution in [-0.4, -0.2) is 36.3 Å². The third-order valence-corrected chi connectivity index (χ3v) is 5.69. The minimum atomic E-state index is -0.207. The summed E-state index contributed by atoms with van der Waals surface area (Å²) in [5.74, 6) is 1.37. The molecule has 1 saturated carbocycles. The van der Waals surface area contributed by atoms with E-state index in [2.05, 4.69) is 6.92 Å². The second-order valence-electron chi connectivity index (χ2n) is 7.15. The van der Waals surface area contributed by atoms with E-state index in [-0.39, 0.29) is 17.2 Å². The molecule has 0 N–H and O–H groups in total. The Hall–Kier alpha value is -1.84. The highest BCUT2D eigenvalue weighted by Gasteiger charge is 2.54. The van der Waals surface area contributed by atoms with E-state index >= 15 is 0 Å². The maximum Gasteiger partial charge on any atom is 0.235 e. The van der Waals surface area contributed by atoms with E-state index in [9.17, 15) is 9.59 Å². The van der Waals surface area contributed by atoms with Crippen LogP contribution < -0.4 is 4.90 Å². The average Bonchev–Trinajstić information content (AvgIpc) is 3.30. The van der Waals surface area contributed by atoms with Gasteiger partial charge in [0.1, 0.15) is 0 Å². The number of β-lactam (4-membered cyclic amide) rings is 1. The van der Waals surface area contributed by atoms with E-state index in [1.54, 1.807) is 0 Å². The van der Waals surface area contributed by atoms with Gasteiger partial charge in [0.15, 0.2) is 0 Å². The number of carbonyl (C=O) groups is 2. The number of carbonyl (C=O) groups excluding carboxylic acids is 2. The molecule has 2 aliphatic heterocycles. The first-order chi connectivity index (χ1) is 10.6. The fourth-order valence-electron chi connectivity index (χ4n) is 3.88. The molecule has 2 atom stereocenters. The molecular weight excluding hydrogens is 276 g/mol. The van der Waals surface area contributed by atoms with Crippen molar-refractivity contribution in [3.05, 3.63) is 30.3 Å². The molecule has 4 heteroatoms. The number of nitrogens with zero attached hydrogens (tertiary/aromatic N) is 2. The van der Waals surface area contributed by atoms with Gasteiger partial charge in [0.25, 0.3) is 0 Å². The van der Waals surface area contributed by atoms with Gasteiger partial charge in [-0.3, -0.25) is 9.59 Å². The number of amides is 2. The van der Waals surface area contributed by atoms with Crippen LogP contribution in [0.1, 0.15) is 26.2 Å². The van der Waals surface area contributed by atoms with Crippen molar-refractivity contribution >= 4 is 17.5 Å². The van der Waals surface area contributed by atoms with E-state index in [4.69, 9.17) is 0 Å². The summed E-state index contributed by atoms with van der Waals surface area (Å²) in [6, 6.07) is 9.86. The lowest BCUT2D eigenvalue weighted by molar-refractivity contribution is -0.144. The normalized spacial score (nSPS) is 29.4. The largest absolute Gasteiger partial charge is 0.342 e. The van der Waals surface area contributed by atoms with Gasteiger partial charge in [-0.1, -0.05) is 25.1 Å². The second kappa shape index (κ2) is 4.83. The SMILES string of the molecule is CC1CC1C(=O)N1CCC2(CC1)CN(c1ccccc1)C2=O. The van der Waals surface area contributed by atoms with Crippen molar-refractivity contribution in [3.63, 3.8) is 0 Å². The Labute approximate surface area is 131 Å². The summed E-state index contributed by atoms with van der Waals surface area (Å²) in [5, 5.41) is 0. The van der Waals surface area contributed by atoms with E-state index in [0.717, 1.165) is 44.6 Å². The Bertz CT molecular complexity index is 605. The van der Waals surface area contributed by atoms with Crippen molar-refractivity contribution in [2.24, 2.45) is 17.3 Å². The van der Waals surface area contributed by atoms with E-state index in [1.807, 2.05) is 40.1 Å². The molecule has 0 bridgehead atoms. The summed E-state index contributed by atoms with van der Waals surface area (Å²) in [6.07, 6.45) is 2.69. The lowest BCUT2D eigenvalue weighted by Crippen LogP contribution is -2.65. The lowest BCUT2D eigenvalue weighted by atomic mass is 9.70. The van der Waals surface area contributed by atoms with Gasteiger partial charge in [0, 0.05) is 31.2 Å². The van der Waals surface area contributed by atoms with Crippen LogP contribution in [0.5, 0.6) is 0 Å². The number of hydrogen-bond acceptors (Lipinski definition) is 2. The Morgan fingerprint density at radius 2 is 1.82 bits per heavy atom. The quantitative estimate of drug-likeness (QED) is 0.786. The van der Waals surface area contributed by atoms with Gasteiger partial charge in [-0.25, -0.2) is 0 Å². The summed E-state index contributed by atoms with van der Waals surface area (Å²) in [6.45, 7) is 4.44. The predicted octanol–water partition coefficient (Wildman–Crippen LogP) is 2.30. The van der Waals surface area contributed by atoms with Crippen LogP contribution in [0.2, 0.25) is 0 Å². The summed E-state index contributed by atoms with van der Waals surface area (Å²) < 4.78 is 0. The van der Waals surface area contributed by atoms with Crippen molar-refractivity contribution in [2.45, 2.75) is 26.2 Å². The topological polar surface area (TPSA) is 40.6 Å². The van der Waals surface area contributed by atoms with Crippen LogP contribution >= 0.6 is 0 Å². The minimum absolute atomic E-state index is 0.207. The fraction of sp³-hybridized carbons (Fsp3) is 0.556. The van der Waals surface area contributed by atoms with Gasteiger partial charge in [0.05, 0.1) is 5.41 Å². The first-order valence-electron chi connectivity index (χ1n) is 8.26. The maximum absolute atomic E-state index is 12.6. The number of hydrogen-bond donors (Lipinski definition) is 0. The van der Waals surface area contributed by atoms with Crippen molar-refractivity contribution in [2.75, 3.05) is 24.5 Å². The number of anilines is 1. The molecule has 1 spiro atoms. The molecule has 0 aromatic heterocycles. The Kier molecular flexibility index (Phi) is 3.03. The molecule has 3 fully saturated rings. The Morgan fingerprint density at radius 1 is 1.18 bits per heavy atom. The van der Waals surface area contributed by atoms with Crippen LogP contribution in [0, 0.1) is 17.3 Å². The van der Waals surface area contributed by atoms with Crippen molar-refractivity contribution in [3.8, 4) is 0 Å². The number of benzene rings is 1. The third kappa shape index (κ3) is 2.04. The molecule has 2 amide bonds. The van der Waals surface area contributed by atoms with E-state index in [0.29, 0.717) is 11.8 Å². The van der Waals surface area contributed by atoms with Gasteiger partial charge in [-0.05, 0) is 37.3 Å². The van der Waals surface area contributed by atoms with Crippen LogP contribution in [0.4, 0.5) is 5.69 Å². The Balaban J connectivity index is 1.38. The fourth-order valence-corrected chi connectivity index (χ4v) is 3.88. The monoisotopic (exact) mass is 298 g/mol. The molecule has 3 aliphatic rings. The number of likely N-dealkylation sites (tertiary alicyclic amines) is 1. The molecular formula is C18H22N2O2. The van der Waals surface area contributed by atoms with Crippen molar-refractivity contribution in [1.82, 2.24) is 4.90 Å². The highest BCUT2D eigenvalue weighted by atomic mass is 16.2. The van der Waals surface area contributed by atoms with E-state index < -0.39 is 0 Å². The molecule has 22 heavy (non-hydrogen) atoms. The maximum atomic E-state index is 12.6. The molecule has 2 unspecified atom stereocenters. The zero-order valence-corrected chi connectivity index (χ0v) is 13.0. The minimum Gasteiger partial charge on any atom is -0.342 e. The molecule has 4 rings (SSSR count). The third-order valence-electron chi connectivity index (χ3n) is 5.69. The zero-order chi connectivity index (χ0) is 15.3. The number of para-hydroxylation sites is 1. The average molecular weight is 298 g/mol. The highest BCUT2D eigenvalue weighted by Crippen LogP contribution is 2.45. The molecule has 116 valence electrons. The smallest absolute Gasteiger partial charge is 0.235 e. The second-order valence-corrected chi connectivity index (χ2v) is 7.15. The lowest BCUT2D eigenvalue weighted by Gasteiger charge is -2.52. The summed E-state index contributed by atoms with van der Waals surface area (Å²) in [5.41, 5.74) is 0.783. The number of rotatable bonds is 2. The first-order valence-corrected chi connectivity index (χ1v) is 8.26. The first kappa shape index (κ1) is 13.8. The highest BCUT2D eigenvalue weighted by molar-refractivity contribution is 6.04. The van der Waals surface area contributed by atoms with Gasteiger partial charge in [-0.15, -0.1) is 0 Å². The molecule has 2 heterocycles. The number of piperidine rings is 1. The Morgan fingerprint density at radius 3 is 2.36 bits per heavy atom. The molecule has 1 aliphatic carbocycles. The van der Waals surface area contributed by atoms with Gasteiger partial charge < -0.3 is 9.80 Å². The van der Waals surface area contributed by atoms with Gasteiger partial charge in [-0.2, -0.15) is 0 Å². The van der Waals surface area contributed by atoms with Crippen molar-refractivity contribution in [1.29, 1.82) is 0 Å². The van der Waals surface area contributed by atoms with Crippen LogP contribution in [0.25, 0.3) is 0 Å². The molecule has 1 aromatic rings. The van der Waals surface area contributed by atoms with E-state index in [1.165, 1.54) is 0 Å². The van der Waals surface area contributed by atoms with Crippen LogP contribution in [0.3, 0.4) is 0 Å². The molecule has 1 aromatic carbocycles. The summed E-state index contributed by atoms with van der Waals surface area (Å²) in [7, 11) is 0. The molecule has 2 saturated heterocycles. The van der Waals surface area contributed by atoms with Gasteiger partial charge in [0.2, 0.25) is 11.8 Å². The van der Waals surface area contributed by atoms with Crippen molar-refractivity contribution < 1.29 is 9.59 Å². The standard InChI is InChI=1S/C18H22N2O2/c1-13-11-15(13)16(21)19-9-7-18(8-10-19)12-20(17(18)22)14-5-3-2-4-6-14/h2-6,13,15H,7-12H2,1H3. The predicted molar refractivity (Wildman–Crippen MR) is 84.3 cm³/mol. The molecule has 4 nitrogen and oxygen atoms in total. The molecule has 0 radical (unpaired) electrons. The summed E-state index contributed by atoms with van der Waals surface area (Å²) in [4.78, 5) is 28.8. The summed E-state index contributed by atoms with van der Waals surface area (Å²) >= 11 is 0.